The van der Waals surface area contributed by atoms with E-state index in [1.54, 1.807) is 6.92 Å². The SMILES string of the molecule is CCOC(=O)C1(O)CCC1. The number of rotatable bonds is 2. The zero-order chi connectivity index (χ0) is 7.61. The molecule has 3 nitrogen and oxygen atoms in total. The highest BCUT2D eigenvalue weighted by Gasteiger charge is 2.43. The molecular weight excluding hydrogens is 132 g/mol. The maximum absolute atomic E-state index is 10.9. The third-order valence-electron chi connectivity index (χ3n) is 1.84. The fourth-order valence-corrected chi connectivity index (χ4v) is 0.981. The van der Waals surface area contributed by atoms with Crippen molar-refractivity contribution in [1.82, 2.24) is 0 Å². The van der Waals surface area contributed by atoms with Gasteiger partial charge in [0.05, 0.1) is 6.61 Å². The summed E-state index contributed by atoms with van der Waals surface area (Å²) in [4.78, 5) is 10.9. The minimum Gasteiger partial charge on any atom is -0.464 e. The standard InChI is InChI=1S/C7H12O3/c1-2-10-6(8)7(9)4-3-5-7/h9H,2-5H2,1H3. The van der Waals surface area contributed by atoms with Gasteiger partial charge in [0.1, 0.15) is 0 Å². The second-order valence-corrected chi connectivity index (χ2v) is 2.61. The molecule has 1 aliphatic rings. The Morgan fingerprint density at radius 3 is 2.60 bits per heavy atom. The molecule has 0 aromatic heterocycles. The summed E-state index contributed by atoms with van der Waals surface area (Å²) in [5.74, 6) is -0.457. The van der Waals surface area contributed by atoms with Crippen LogP contribution in [0.1, 0.15) is 26.2 Å². The summed E-state index contributed by atoms with van der Waals surface area (Å²) in [6.07, 6.45) is 2.05. The molecule has 0 saturated heterocycles. The van der Waals surface area contributed by atoms with Gasteiger partial charge < -0.3 is 9.84 Å². The van der Waals surface area contributed by atoms with Crippen molar-refractivity contribution in [3.63, 3.8) is 0 Å². The zero-order valence-corrected chi connectivity index (χ0v) is 6.09. The van der Waals surface area contributed by atoms with Crippen LogP contribution in [0, 0.1) is 0 Å². The molecule has 0 bridgehead atoms. The summed E-state index contributed by atoms with van der Waals surface area (Å²) in [6, 6.07) is 0. The molecule has 0 aromatic rings. The van der Waals surface area contributed by atoms with E-state index >= 15 is 0 Å². The van der Waals surface area contributed by atoms with Crippen molar-refractivity contribution in [1.29, 1.82) is 0 Å². The van der Waals surface area contributed by atoms with Crippen LogP contribution in [0.5, 0.6) is 0 Å². The summed E-state index contributed by atoms with van der Waals surface area (Å²) in [5, 5.41) is 9.34. The summed E-state index contributed by atoms with van der Waals surface area (Å²) < 4.78 is 4.66. The van der Waals surface area contributed by atoms with Gasteiger partial charge >= 0.3 is 5.97 Å². The Balaban J connectivity index is 2.39. The van der Waals surface area contributed by atoms with Crippen LogP contribution in [0.2, 0.25) is 0 Å². The highest BCUT2D eigenvalue weighted by atomic mass is 16.5. The number of carbonyl (C=O) groups excluding carboxylic acids is 1. The molecular formula is C7H12O3. The fraction of sp³-hybridized carbons (Fsp3) is 0.857. The molecule has 10 heavy (non-hydrogen) atoms. The lowest BCUT2D eigenvalue weighted by molar-refractivity contribution is -0.174. The summed E-state index contributed by atoms with van der Waals surface area (Å²) in [7, 11) is 0. The molecule has 0 heterocycles. The van der Waals surface area contributed by atoms with Crippen LogP contribution in [0.3, 0.4) is 0 Å². The Morgan fingerprint density at radius 1 is 1.70 bits per heavy atom. The molecule has 1 aliphatic carbocycles. The van der Waals surface area contributed by atoms with E-state index in [1.807, 2.05) is 0 Å². The van der Waals surface area contributed by atoms with Gasteiger partial charge in [0.15, 0.2) is 5.60 Å². The largest absolute Gasteiger partial charge is 0.464 e. The molecule has 1 saturated carbocycles. The third kappa shape index (κ3) is 1.14. The van der Waals surface area contributed by atoms with Crippen molar-refractivity contribution >= 4 is 5.97 Å². The van der Waals surface area contributed by atoms with E-state index in [9.17, 15) is 9.90 Å². The first-order valence-electron chi connectivity index (χ1n) is 3.58. The van der Waals surface area contributed by atoms with Crippen LogP contribution < -0.4 is 0 Å². The minimum atomic E-state index is -1.13. The van der Waals surface area contributed by atoms with Crippen molar-refractivity contribution in [3.05, 3.63) is 0 Å². The topological polar surface area (TPSA) is 46.5 Å². The van der Waals surface area contributed by atoms with E-state index in [2.05, 4.69) is 4.74 Å². The quantitative estimate of drug-likeness (QED) is 0.573. The third-order valence-corrected chi connectivity index (χ3v) is 1.84. The molecule has 0 spiro atoms. The maximum Gasteiger partial charge on any atom is 0.338 e. The van der Waals surface area contributed by atoms with Gasteiger partial charge in [-0.25, -0.2) is 4.79 Å². The first kappa shape index (κ1) is 7.54. The number of ether oxygens (including phenoxy) is 1. The Morgan fingerprint density at radius 2 is 2.30 bits per heavy atom. The lowest BCUT2D eigenvalue weighted by Crippen LogP contribution is -2.46. The molecule has 0 atom stereocenters. The van der Waals surface area contributed by atoms with E-state index in [4.69, 9.17) is 0 Å². The van der Waals surface area contributed by atoms with E-state index in [0.717, 1.165) is 6.42 Å². The Hall–Kier alpha value is -0.570. The van der Waals surface area contributed by atoms with Gasteiger partial charge in [-0.3, -0.25) is 0 Å². The number of esters is 1. The monoisotopic (exact) mass is 144 g/mol. The lowest BCUT2D eigenvalue weighted by atomic mass is 9.80. The zero-order valence-electron chi connectivity index (χ0n) is 6.09. The smallest absolute Gasteiger partial charge is 0.338 e. The van der Waals surface area contributed by atoms with E-state index in [1.165, 1.54) is 0 Å². The van der Waals surface area contributed by atoms with Crippen LogP contribution in [0.15, 0.2) is 0 Å². The molecule has 0 aliphatic heterocycles. The molecule has 1 N–H and O–H groups in total. The molecule has 3 heteroatoms. The van der Waals surface area contributed by atoms with Gasteiger partial charge in [-0.2, -0.15) is 0 Å². The highest BCUT2D eigenvalue weighted by molar-refractivity contribution is 5.80. The van der Waals surface area contributed by atoms with E-state index in [-0.39, 0.29) is 0 Å². The second-order valence-electron chi connectivity index (χ2n) is 2.61. The lowest BCUT2D eigenvalue weighted by Gasteiger charge is -2.33. The predicted octanol–water partition coefficient (Wildman–Crippen LogP) is 0.464. The fourth-order valence-electron chi connectivity index (χ4n) is 0.981. The average Bonchev–Trinajstić information content (AvgIpc) is 1.83. The summed E-state index contributed by atoms with van der Waals surface area (Å²) in [6.45, 7) is 2.08. The summed E-state index contributed by atoms with van der Waals surface area (Å²) in [5.41, 5.74) is -1.13. The normalized spacial score (nSPS) is 21.4. The number of hydrogen-bond acceptors (Lipinski definition) is 3. The Bertz CT molecular complexity index is 138. The summed E-state index contributed by atoms with van der Waals surface area (Å²) >= 11 is 0. The number of aliphatic hydroxyl groups is 1. The molecule has 58 valence electrons. The van der Waals surface area contributed by atoms with Crippen molar-refractivity contribution in [3.8, 4) is 0 Å². The molecule has 0 radical (unpaired) electrons. The Kier molecular flexibility index (Phi) is 1.94. The van der Waals surface area contributed by atoms with E-state index < -0.39 is 11.6 Å². The van der Waals surface area contributed by atoms with Gasteiger partial charge in [0, 0.05) is 0 Å². The molecule has 0 unspecified atom stereocenters. The van der Waals surface area contributed by atoms with Gasteiger partial charge in [-0.05, 0) is 26.2 Å². The molecule has 1 fully saturated rings. The van der Waals surface area contributed by atoms with Crippen molar-refractivity contribution in [2.24, 2.45) is 0 Å². The minimum absolute atomic E-state index is 0.348. The Labute approximate surface area is 60.0 Å². The molecule has 1 rings (SSSR count). The first-order chi connectivity index (χ1) is 4.69. The highest BCUT2D eigenvalue weighted by Crippen LogP contribution is 2.32. The molecule has 0 aromatic carbocycles. The van der Waals surface area contributed by atoms with Crippen LogP contribution in [0.4, 0.5) is 0 Å². The predicted molar refractivity (Wildman–Crippen MR) is 35.4 cm³/mol. The van der Waals surface area contributed by atoms with Crippen LogP contribution in [-0.2, 0) is 9.53 Å². The van der Waals surface area contributed by atoms with Gasteiger partial charge in [-0.1, -0.05) is 0 Å². The van der Waals surface area contributed by atoms with Gasteiger partial charge in [-0.15, -0.1) is 0 Å². The van der Waals surface area contributed by atoms with Crippen molar-refractivity contribution in [2.45, 2.75) is 31.8 Å². The second kappa shape index (κ2) is 2.58. The number of carbonyl (C=O) groups is 1. The van der Waals surface area contributed by atoms with Crippen molar-refractivity contribution < 1.29 is 14.6 Å². The number of hydrogen-bond donors (Lipinski definition) is 1. The van der Waals surface area contributed by atoms with Crippen LogP contribution >= 0.6 is 0 Å². The van der Waals surface area contributed by atoms with Gasteiger partial charge in [0.25, 0.3) is 0 Å². The van der Waals surface area contributed by atoms with E-state index in [0.29, 0.717) is 19.4 Å². The van der Waals surface area contributed by atoms with Crippen molar-refractivity contribution in [2.75, 3.05) is 6.61 Å². The molecule has 0 amide bonds. The first-order valence-corrected chi connectivity index (χ1v) is 3.58. The van der Waals surface area contributed by atoms with Gasteiger partial charge in [0.2, 0.25) is 0 Å². The van der Waals surface area contributed by atoms with Crippen LogP contribution in [0.25, 0.3) is 0 Å². The maximum atomic E-state index is 10.9. The average molecular weight is 144 g/mol. The van der Waals surface area contributed by atoms with Crippen LogP contribution in [-0.4, -0.2) is 23.3 Å².